The number of nitrogens with one attached hydrogen (secondary N) is 1. The zero-order valence-corrected chi connectivity index (χ0v) is 12.4. The number of amides is 3. The first-order valence-corrected chi connectivity index (χ1v) is 7.45. The van der Waals surface area contributed by atoms with Gasteiger partial charge in [0.05, 0.1) is 5.92 Å². The van der Waals surface area contributed by atoms with E-state index in [9.17, 15) is 9.59 Å². The maximum absolute atomic E-state index is 12.3. The van der Waals surface area contributed by atoms with E-state index in [2.05, 4.69) is 5.32 Å². The summed E-state index contributed by atoms with van der Waals surface area (Å²) in [7, 11) is 0. The molecule has 0 aromatic rings. The zero-order chi connectivity index (χ0) is 14.3. The second-order valence-electron chi connectivity index (χ2n) is 5.03. The van der Waals surface area contributed by atoms with E-state index in [1.165, 1.54) is 0 Å². The van der Waals surface area contributed by atoms with Gasteiger partial charge in [0.2, 0.25) is 5.91 Å². The minimum atomic E-state index is -0.0288. The van der Waals surface area contributed by atoms with Gasteiger partial charge in [0.1, 0.15) is 0 Å². The van der Waals surface area contributed by atoms with Crippen molar-refractivity contribution in [2.45, 2.75) is 40.0 Å². The van der Waals surface area contributed by atoms with Crippen molar-refractivity contribution in [3.63, 3.8) is 0 Å². The number of carbonyl (C=O) groups is 2. The van der Waals surface area contributed by atoms with Crippen LogP contribution in [0.15, 0.2) is 0 Å². The summed E-state index contributed by atoms with van der Waals surface area (Å²) in [5, 5.41) is 2.88. The second kappa shape index (κ2) is 8.02. The maximum Gasteiger partial charge on any atom is 0.317 e. The van der Waals surface area contributed by atoms with Crippen LogP contribution in [0.5, 0.6) is 0 Å². The molecule has 19 heavy (non-hydrogen) atoms. The quantitative estimate of drug-likeness (QED) is 0.825. The topological polar surface area (TPSA) is 52.7 Å². The Morgan fingerprint density at radius 1 is 1.26 bits per heavy atom. The van der Waals surface area contributed by atoms with Crippen molar-refractivity contribution in [3.8, 4) is 0 Å². The van der Waals surface area contributed by atoms with Crippen molar-refractivity contribution in [3.05, 3.63) is 0 Å². The van der Waals surface area contributed by atoms with Gasteiger partial charge in [-0.1, -0.05) is 6.92 Å². The molecule has 1 unspecified atom stereocenters. The van der Waals surface area contributed by atoms with E-state index >= 15 is 0 Å². The molecule has 0 aromatic carbocycles. The molecule has 1 aliphatic heterocycles. The van der Waals surface area contributed by atoms with Crippen molar-refractivity contribution < 1.29 is 9.59 Å². The molecule has 1 N–H and O–H groups in total. The number of nitrogens with zero attached hydrogens (tertiary/aromatic N) is 2. The molecule has 1 saturated heterocycles. The largest absolute Gasteiger partial charge is 0.343 e. The first-order chi connectivity index (χ1) is 9.13. The molecule has 0 radical (unpaired) electrons. The van der Waals surface area contributed by atoms with Crippen LogP contribution in [0, 0.1) is 5.92 Å². The van der Waals surface area contributed by atoms with Gasteiger partial charge in [-0.3, -0.25) is 4.79 Å². The average Bonchev–Trinajstić information content (AvgIpc) is 2.46. The lowest BCUT2D eigenvalue weighted by Gasteiger charge is -2.34. The van der Waals surface area contributed by atoms with Crippen LogP contribution in [0.3, 0.4) is 0 Å². The summed E-state index contributed by atoms with van der Waals surface area (Å²) in [4.78, 5) is 27.9. The molecule has 0 spiro atoms. The van der Waals surface area contributed by atoms with Gasteiger partial charge in [-0.2, -0.15) is 0 Å². The predicted molar refractivity (Wildman–Crippen MR) is 75.9 cm³/mol. The van der Waals surface area contributed by atoms with E-state index in [1.54, 1.807) is 4.90 Å². The molecule has 1 heterocycles. The van der Waals surface area contributed by atoms with Crippen LogP contribution in [0.25, 0.3) is 0 Å². The number of rotatable bonds is 5. The molecular weight excluding hydrogens is 242 g/mol. The third-order valence-corrected chi connectivity index (χ3v) is 3.66. The van der Waals surface area contributed by atoms with Crippen molar-refractivity contribution in [2.24, 2.45) is 5.92 Å². The molecule has 110 valence electrons. The van der Waals surface area contributed by atoms with Crippen LogP contribution in [-0.4, -0.2) is 54.5 Å². The van der Waals surface area contributed by atoms with Crippen LogP contribution in [0.2, 0.25) is 0 Å². The summed E-state index contributed by atoms with van der Waals surface area (Å²) >= 11 is 0. The monoisotopic (exact) mass is 269 g/mol. The Labute approximate surface area is 116 Å². The smallest absolute Gasteiger partial charge is 0.317 e. The Bertz CT molecular complexity index is 303. The lowest BCUT2D eigenvalue weighted by molar-refractivity contribution is -0.136. The van der Waals surface area contributed by atoms with Gasteiger partial charge in [0, 0.05) is 32.7 Å². The van der Waals surface area contributed by atoms with E-state index in [0.717, 1.165) is 38.9 Å². The van der Waals surface area contributed by atoms with Crippen LogP contribution < -0.4 is 5.32 Å². The number of carbonyl (C=O) groups excluding carboxylic acids is 2. The van der Waals surface area contributed by atoms with Gasteiger partial charge in [0.25, 0.3) is 0 Å². The Morgan fingerprint density at radius 2 is 1.95 bits per heavy atom. The molecular formula is C14H27N3O2. The molecule has 1 rings (SSSR count). The molecule has 0 aliphatic carbocycles. The molecule has 1 fully saturated rings. The number of hydrogen-bond donors (Lipinski definition) is 1. The van der Waals surface area contributed by atoms with Gasteiger partial charge >= 0.3 is 6.03 Å². The zero-order valence-electron chi connectivity index (χ0n) is 12.4. The Kier molecular flexibility index (Phi) is 6.67. The van der Waals surface area contributed by atoms with E-state index in [4.69, 9.17) is 0 Å². The fraction of sp³-hybridized carbons (Fsp3) is 0.857. The highest BCUT2D eigenvalue weighted by atomic mass is 16.2. The number of piperidine rings is 1. The Morgan fingerprint density at radius 3 is 2.53 bits per heavy atom. The van der Waals surface area contributed by atoms with E-state index in [-0.39, 0.29) is 17.9 Å². The first-order valence-electron chi connectivity index (χ1n) is 7.45. The average molecular weight is 269 g/mol. The fourth-order valence-corrected chi connectivity index (χ4v) is 2.50. The van der Waals surface area contributed by atoms with Gasteiger partial charge in [0.15, 0.2) is 0 Å². The summed E-state index contributed by atoms with van der Waals surface area (Å²) in [6.07, 6.45) is 2.74. The Hall–Kier alpha value is -1.26. The summed E-state index contributed by atoms with van der Waals surface area (Å²) in [5.74, 6) is 0.166. The van der Waals surface area contributed by atoms with Gasteiger partial charge < -0.3 is 15.1 Å². The van der Waals surface area contributed by atoms with E-state index in [1.807, 2.05) is 25.7 Å². The summed E-state index contributed by atoms with van der Waals surface area (Å²) in [6, 6.07) is -0.0288. The molecule has 0 saturated carbocycles. The number of likely N-dealkylation sites (tertiary alicyclic amines) is 1. The molecule has 1 aliphatic rings. The van der Waals surface area contributed by atoms with Crippen molar-refractivity contribution in [2.75, 3.05) is 32.7 Å². The van der Waals surface area contributed by atoms with Crippen LogP contribution >= 0.6 is 0 Å². The van der Waals surface area contributed by atoms with E-state index < -0.39 is 0 Å². The SMILES string of the molecule is CCCNC(=O)N1CCCC(C(=O)N(CC)CC)C1. The van der Waals surface area contributed by atoms with Crippen molar-refractivity contribution in [1.82, 2.24) is 15.1 Å². The molecule has 1 atom stereocenters. The summed E-state index contributed by atoms with van der Waals surface area (Å²) in [5.41, 5.74) is 0. The first kappa shape index (κ1) is 15.8. The Balaban J connectivity index is 2.54. The van der Waals surface area contributed by atoms with Gasteiger partial charge in [-0.15, -0.1) is 0 Å². The second-order valence-corrected chi connectivity index (χ2v) is 5.03. The van der Waals surface area contributed by atoms with Crippen LogP contribution in [0.1, 0.15) is 40.0 Å². The molecule has 5 heteroatoms. The highest BCUT2D eigenvalue weighted by molar-refractivity contribution is 5.81. The highest BCUT2D eigenvalue weighted by Crippen LogP contribution is 2.19. The van der Waals surface area contributed by atoms with Gasteiger partial charge in [-0.25, -0.2) is 4.79 Å². The van der Waals surface area contributed by atoms with Crippen molar-refractivity contribution in [1.29, 1.82) is 0 Å². The van der Waals surface area contributed by atoms with Crippen LogP contribution in [-0.2, 0) is 4.79 Å². The fourth-order valence-electron chi connectivity index (χ4n) is 2.50. The third kappa shape index (κ3) is 4.40. The number of urea groups is 1. The van der Waals surface area contributed by atoms with Crippen molar-refractivity contribution >= 4 is 11.9 Å². The predicted octanol–water partition coefficient (Wildman–Crippen LogP) is 1.69. The van der Waals surface area contributed by atoms with E-state index in [0.29, 0.717) is 13.1 Å². The minimum Gasteiger partial charge on any atom is -0.343 e. The highest BCUT2D eigenvalue weighted by Gasteiger charge is 2.30. The molecule has 0 aromatic heterocycles. The molecule has 0 bridgehead atoms. The van der Waals surface area contributed by atoms with Gasteiger partial charge in [-0.05, 0) is 33.1 Å². The lowest BCUT2D eigenvalue weighted by atomic mass is 9.96. The summed E-state index contributed by atoms with van der Waals surface area (Å²) < 4.78 is 0. The number of hydrogen-bond acceptors (Lipinski definition) is 2. The standard InChI is InChI=1S/C14H27N3O2/c1-4-9-15-14(19)17-10-7-8-12(11-17)13(18)16(5-2)6-3/h12H,4-11H2,1-3H3,(H,15,19). The minimum absolute atomic E-state index is 0.0268. The maximum atomic E-state index is 12.3. The summed E-state index contributed by atoms with van der Waals surface area (Å²) in [6.45, 7) is 9.53. The molecule has 3 amide bonds. The normalized spacial score (nSPS) is 19.1. The molecule has 5 nitrogen and oxygen atoms in total. The third-order valence-electron chi connectivity index (χ3n) is 3.66. The van der Waals surface area contributed by atoms with Crippen LogP contribution in [0.4, 0.5) is 4.79 Å². The lowest BCUT2D eigenvalue weighted by Crippen LogP contribution is -2.49.